The van der Waals surface area contributed by atoms with E-state index in [2.05, 4.69) is 5.32 Å². The predicted octanol–water partition coefficient (Wildman–Crippen LogP) is 3.12. The highest BCUT2D eigenvalue weighted by molar-refractivity contribution is 6.30. The SMILES string of the molecule is OCC1CCC(NCc2ccc(F)c(Cl)c2)CC1. The smallest absolute Gasteiger partial charge is 0.141 e. The molecule has 1 fully saturated rings. The van der Waals surface area contributed by atoms with Crippen molar-refractivity contribution in [3.8, 4) is 0 Å². The van der Waals surface area contributed by atoms with Crippen LogP contribution >= 0.6 is 11.6 Å². The molecule has 1 saturated carbocycles. The van der Waals surface area contributed by atoms with E-state index < -0.39 is 0 Å². The van der Waals surface area contributed by atoms with Gasteiger partial charge in [-0.15, -0.1) is 0 Å². The van der Waals surface area contributed by atoms with E-state index in [0.717, 1.165) is 31.2 Å². The lowest BCUT2D eigenvalue weighted by molar-refractivity contribution is 0.175. The molecule has 18 heavy (non-hydrogen) atoms. The number of aliphatic hydroxyl groups is 1. The number of hydrogen-bond acceptors (Lipinski definition) is 2. The zero-order chi connectivity index (χ0) is 13.0. The number of benzene rings is 1. The van der Waals surface area contributed by atoms with Crippen molar-refractivity contribution in [1.29, 1.82) is 0 Å². The van der Waals surface area contributed by atoms with Gasteiger partial charge in [0.2, 0.25) is 0 Å². The highest BCUT2D eigenvalue weighted by Gasteiger charge is 2.19. The van der Waals surface area contributed by atoms with Crippen molar-refractivity contribution in [3.05, 3.63) is 34.6 Å². The average Bonchev–Trinajstić information content (AvgIpc) is 2.41. The molecule has 0 aromatic heterocycles. The maximum Gasteiger partial charge on any atom is 0.141 e. The van der Waals surface area contributed by atoms with Gasteiger partial charge in [0, 0.05) is 19.2 Å². The second-order valence-corrected chi connectivity index (χ2v) is 5.44. The molecule has 1 aliphatic carbocycles. The Hall–Kier alpha value is -0.640. The second kappa shape index (κ2) is 6.50. The largest absolute Gasteiger partial charge is 0.396 e. The summed E-state index contributed by atoms with van der Waals surface area (Å²) in [6, 6.07) is 5.33. The minimum absolute atomic E-state index is 0.179. The molecule has 0 amide bonds. The van der Waals surface area contributed by atoms with Gasteiger partial charge in [0.05, 0.1) is 5.02 Å². The van der Waals surface area contributed by atoms with Gasteiger partial charge >= 0.3 is 0 Å². The fourth-order valence-corrected chi connectivity index (χ4v) is 2.66. The summed E-state index contributed by atoms with van der Waals surface area (Å²) in [5.41, 5.74) is 1.01. The quantitative estimate of drug-likeness (QED) is 0.882. The van der Waals surface area contributed by atoms with Crippen LogP contribution in [0.25, 0.3) is 0 Å². The van der Waals surface area contributed by atoms with Crippen LogP contribution in [0.5, 0.6) is 0 Å². The summed E-state index contributed by atoms with van der Waals surface area (Å²) < 4.78 is 13.0. The number of aliphatic hydroxyl groups excluding tert-OH is 1. The molecule has 0 radical (unpaired) electrons. The fourth-order valence-electron chi connectivity index (χ4n) is 2.46. The van der Waals surface area contributed by atoms with Crippen LogP contribution < -0.4 is 5.32 Å². The van der Waals surface area contributed by atoms with Crippen LogP contribution in [0.15, 0.2) is 18.2 Å². The number of nitrogens with one attached hydrogen (secondary N) is 1. The van der Waals surface area contributed by atoms with E-state index in [1.165, 1.54) is 6.07 Å². The van der Waals surface area contributed by atoms with Gasteiger partial charge in [0.15, 0.2) is 0 Å². The molecule has 0 aliphatic heterocycles. The monoisotopic (exact) mass is 271 g/mol. The molecular formula is C14H19ClFNO. The molecule has 100 valence electrons. The van der Waals surface area contributed by atoms with E-state index in [9.17, 15) is 4.39 Å². The molecule has 4 heteroatoms. The van der Waals surface area contributed by atoms with Crippen LogP contribution in [0.2, 0.25) is 5.02 Å². The second-order valence-electron chi connectivity index (χ2n) is 5.03. The summed E-state index contributed by atoms with van der Waals surface area (Å²) in [5.74, 6) is 0.104. The summed E-state index contributed by atoms with van der Waals surface area (Å²) in [4.78, 5) is 0. The van der Waals surface area contributed by atoms with Crippen LogP contribution in [-0.4, -0.2) is 17.8 Å². The Balaban J connectivity index is 1.79. The first-order valence-corrected chi connectivity index (χ1v) is 6.85. The van der Waals surface area contributed by atoms with Gasteiger partial charge in [-0.2, -0.15) is 0 Å². The van der Waals surface area contributed by atoms with Crippen LogP contribution in [0, 0.1) is 11.7 Å². The van der Waals surface area contributed by atoms with E-state index in [-0.39, 0.29) is 10.8 Å². The zero-order valence-corrected chi connectivity index (χ0v) is 11.1. The van der Waals surface area contributed by atoms with E-state index >= 15 is 0 Å². The van der Waals surface area contributed by atoms with Gasteiger partial charge in [-0.05, 0) is 49.3 Å². The molecule has 0 atom stereocenters. The Morgan fingerprint density at radius 1 is 1.28 bits per heavy atom. The highest BCUT2D eigenvalue weighted by atomic mass is 35.5. The van der Waals surface area contributed by atoms with Crippen molar-refractivity contribution in [3.63, 3.8) is 0 Å². The first-order valence-electron chi connectivity index (χ1n) is 6.47. The van der Waals surface area contributed by atoms with Gasteiger partial charge in [-0.25, -0.2) is 4.39 Å². The molecule has 0 spiro atoms. The summed E-state index contributed by atoms with van der Waals surface area (Å²) >= 11 is 5.74. The van der Waals surface area contributed by atoms with E-state index in [4.69, 9.17) is 16.7 Å². The maximum atomic E-state index is 13.0. The predicted molar refractivity (Wildman–Crippen MR) is 71.1 cm³/mol. The van der Waals surface area contributed by atoms with Crippen molar-refractivity contribution in [2.24, 2.45) is 5.92 Å². The summed E-state index contributed by atoms with van der Waals surface area (Å²) in [5, 5.41) is 12.7. The molecule has 2 N–H and O–H groups in total. The van der Waals surface area contributed by atoms with Crippen LogP contribution in [-0.2, 0) is 6.54 Å². The third kappa shape index (κ3) is 3.67. The van der Waals surface area contributed by atoms with Gasteiger partial charge < -0.3 is 10.4 Å². The summed E-state index contributed by atoms with van der Waals surface area (Å²) in [7, 11) is 0. The topological polar surface area (TPSA) is 32.3 Å². The van der Waals surface area contributed by atoms with Crippen LogP contribution in [0.3, 0.4) is 0 Å². The van der Waals surface area contributed by atoms with Gasteiger partial charge in [-0.1, -0.05) is 17.7 Å². The normalized spacial score (nSPS) is 24.2. The maximum absolute atomic E-state index is 13.0. The van der Waals surface area contributed by atoms with E-state index in [1.807, 2.05) is 0 Å². The number of hydrogen-bond donors (Lipinski definition) is 2. The summed E-state index contributed by atoms with van der Waals surface area (Å²) in [6.45, 7) is 1.02. The molecule has 1 aromatic carbocycles. The first-order chi connectivity index (χ1) is 8.69. The zero-order valence-electron chi connectivity index (χ0n) is 10.3. The minimum atomic E-state index is -0.371. The fraction of sp³-hybridized carbons (Fsp3) is 0.571. The molecule has 0 unspecified atom stereocenters. The minimum Gasteiger partial charge on any atom is -0.396 e. The lowest BCUT2D eigenvalue weighted by atomic mass is 9.86. The molecule has 2 nitrogen and oxygen atoms in total. The Morgan fingerprint density at radius 3 is 2.61 bits per heavy atom. The van der Waals surface area contributed by atoms with Crippen molar-refractivity contribution in [2.75, 3.05) is 6.61 Å². The van der Waals surface area contributed by atoms with Gasteiger partial charge in [0.1, 0.15) is 5.82 Å². The van der Waals surface area contributed by atoms with E-state index in [1.54, 1.807) is 12.1 Å². The Morgan fingerprint density at radius 2 is 2.00 bits per heavy atom. The Bertz CT molecular complexity index is 391. The molecule has 1 aromatic rings. The average molecular weight is 272 g/mol. The standard InChI is InChI=1S/C14H19ClFNO/c15-13-7-11(3-6-14(13)16)8-17-12-4-1-10(9-18)2-5-12/h3,6-7,10,12,17-18H,1-2,4-5,8-9H2. The van der Waals surface area contributed by atoms with Crippen LogP contribution in [0.1, 0.15) is 31.2 Å². The molecule has 0 saturated heterocycles. The van der Waals surface area contributed by atoms with Crippen molar-refractivity contribution >= 4 is 11.6 Å². The molecular weight excluding hydrogens is 253 g/mol. The van der Waals surface area contributed by atoms with Crippen LogP contribution in [0.4, 0.5) is 4.39 Å². The molecule has 0 bridgehead atoms. The Labute approximate surface area is 112 Å². The third-order valence-corrected chi connectivity index (χ3v) is 3.97. The van der Waals surface area contributed by atoms with Gasteiger partial charge in [-0.3, -0.25) is 0 Å². The lowest BCUT2D eigenvalue weighted by Gasteiger charge is -2.28. The first kappa shape index (κ1) is 13.8. The Kier molecular flexibility index (Phi) is 4.98. The van der Waals surface area contributed by atoms with Gasteiger partial charge in [0.25, 0.3) is 0 Å². The van der Waals surface area contributed by atoms with Crippen molar-refractivity contribution in [1.82, 2.24) is 5.32 Å². The van der Waals surface area contributed by atoms with Crippen molar-refractivity contribution in [2.45, 2.75) is 38.3 Å². The summed E-state index contributed by atoms with van der Waals surface area (Å²) in [6.07, 6.45) is 4.36. The van der Waals surface area contributed by atoms with Crippen molar-refractivity contribution < 1.29 is 9.50 Å². The molecule has 0 heterocycles. The highest BCUT2D eigenvalue weighted by Crippen LogP contribution is 2.24. The molecule has 2 rings (SSSR count). The number of halogens is 2. The molecule has 1 aliphatic rings. The number of rotatable bonds is 4. The lowest BCUT2D eigenvalue weighted by Crippen LogP contribution is -2.33. The van der Waals surface area contributed by atoms with E-state index in [0.29, 0.717) is 25.1 Å². The third-order valence-electron chi connectivity index (χ3n) is 3.68.